The Morgan fingerprint density at radius 1 is 1.62 bits per heavy atom. The second-order valence-electron chi connectivity index (χ2n) is 4.06. The molecule has 0 saturated carbocycles. The molecule has 5 nitrogen and oxygen atoms in total. The maximum Gasteiger partial charge on any atom is 0.365 e. The molecule has 0 atom stereocenters. The number of hydrogen-bond acceptors (Lipinski definition) is 5. The molecule has 1 aromatic heterocycles. The number of carboxylic acids is 1. The maximum atomic E-state index is 10.7. The summed E-state index contributed by atoms with van der Waals surface area (Å²) in [5, 5.41) is 10.7. The summed E-state index contributed by atoms with van der Waals surface area (Å²) in [6, 6.07) is 0.321. The Bertz CT molecular complexity index is 372. The summed E-state index contributed by atoms with van der Waals surface area (Å²) in [5.74, 6) is -0.947. The van der Waals surface area contributed by atoms with Crippen molar-refractivity contribution >= 4 is 17.3 Å². The fourth-order valence-electron chi connectivity index (χ4n) is 1.82. The van der Waals surface area contributed by atoms with Gasteiger partial charge in [0.1, 0.15) is 0 Å². The van der Waals surface area contributed by atoms with E-state index in [4.69, 9.17) is 10.8 Å². The van der Waals surface area contributed by atoms with Crippen LogP contribution in [0.15, 0.2) is 5.38 Å². The van der Waals surface area contributed by atoms with Crippen LogP contribution in [0.1, 0.15) is 28.3 Å². The molecular weight excluding hydrogens is 226 g/mol. The molecule has 6 heteroatoms. The lowest BCUT2D eigenvalue weighted by Crippen LogP contribution is -2.39. The van der Waals surface area contributed by atoms with Crippen molar-refractivity contribution in [3.8, 4) is 0 Å². The lowest BCUT2D eigenvalue weighted by Gasteiger charge is -2.29. The first-order chi connectivity index (χ1) is 7.65. The third-order valence-electron chi connectivity index (χ3n) is 2.75. The summed E-state index contributed by atoms with van der Waals surface area (Å²) in [6.45, 7) is 2.68. The van der Waals surface area contributed by atoms with Crippen LogP contribution >= 0.6 is 11.3 Å². The first-order valence-corrected chi connectivity index (χ1v) is 6.19. The number of nitrogens with two attached hydrogens (primary N) is 1. The normalized spacial score (nSPS) is 18.8. The van der Waals surface area contributed by atoms with Gasteiger partial charge in [0.05, 0.1) is 5.69 Å². The fourth-order valence-corrected chi connectivity index (χ4v) is 2.46. The molecule has 1 aliphatic rings. The first-order valence-electron chi connectivity index (χ1n) is 5.31. The third-order valence-corrected chi connectivity index (χ3v) is 3.63. The molecule has 2 heterocycles. The Balaban J connectivity index is 1.91. The molecular formula is C10H15N3O2S. The van der Waals surface area contributed by atoms with E-state index < -0.39 is 5.97 Å². The molecule has 0 aliphatic carbocycles. The largest absolute Gasteiger partial charge is 0.476 e. The van der Waals surface area contributed by atoms with Gasteiger partial charge in [-0.2, -0.15) is 0 Å². The van der Waals surface area contributed by atoms with E-state index in [-0.39, 0.29) is 5.01 Å². The number of hydrogen-bond donors (Lipinski definition) is 2. The van der Waals surface area contributed by atoms with Crippen LogP contribution in [0.3, 0.4) is 0 Å². The van der Waals surface area contributed by atoms with Crippen molar-refractivity contribution in [2.75, 3.05) is 13.1 Å². The van der Waals surface area contributed by atoms with Gasteiger partial charge in [-0.3, -0.25) is 4.90 Å². The highest BCUT2D eigenvalue weighted by Crippen LogP contribution is 2.15. The molecule has 1 saturated heterocycles. The van der Waals surface area contributed by atoms with Gasteiger partial charge in [-0.25, -0.2) is 9.78 Å². The van der Waals surface area contributed by atoms with E-state index in [9.17, 15) is 4.79 Å². The average Bonchev–Trinajstić information content (AvgIpc) is 2.70. The van der Waals surface area contributed by atoms with Crippen LogP contribution in [-0.2, 0) is 6.54 Å². The molecule has 0 aromatic carbocycles. The molecule has 2 rings (SSSR count). The van der Waals surface area contributed by atoms with E-state index in [0.717, 1.165) is 38.2 Å². The van der Waals surface area contributed by atoms with Crippen LogP contribution in [-0.4, -0.2) is 40.1 Å². The summed E-state index contributed by atoms with van der Waals surface area (Å²) in [6.07, 6.45) is 2.02. The summed E-state index contributed by atoms with van der Waals surface area (Å²) in [4.78, 5) is 17.0. The lowest BCUT2D eigenvalue weighted by atomic mass is 10.1. The number of piperidine rings is 1. The van der Waals surface area contributed by atoms with Crippen LogP contribution < -0.4 is 5.73 Å². The lowest BCUT2D eigenvalue weighted by molar-refractivity contribution is 0.0696. The minimum absolute atomic E-state index is 0.170. The second-order valence-corrected chi connectivity index (χ2v) is 4.92. The molecule has 16 heavy (non-hydrogen) atoms. The Morgan fingerprint density at radius 2 is 2.31 bits per heavy atom. The van der Waals surface area contributed by atoms with Gasteiger partial charge in [-0.05, 0) is 12.8 Å². The Labute approximate surface area is 97.9 Å². The Hall–Kier alpha value is -0.980. The van der Waals surface area contributed by atoms with Gasteiger partial charge in [0.15, 0.2) is 0 Å². The van der Waals surface area contributed by atoms with Crippen molar-refractivity contribution in [1.82, 2.24) is 9.88 Å². The molecule has 1 aliphatic heterocycles. The van der Waals surface area contributed by atoms with Crippen molar-refractivity contribution < 1.29 is 9.90 Å². The fraction of sp³-hybridized carbons (Fsp3) is 0.600. The number of aromatic carboxylic acids is 1. The van der Waals surface area contributed by atoms with E-state index in [1.54, 1.807) is 0 Å². The maximum absolute atomic E-state index is 10.7. The number of likely N-dealkylation sites (tertiary alicyclic amines) is 1. The highest BCUT2D eigenvalue weighted by atomic mass is 32.1. The first kappa shape index (κ1) is 11.5. The van der Waals surface area contributed by atoms with Crippen LogP contribution in [0.4, 0.5) is 0 Å². The van der Waals surface area contributed by atoms with Gasteiger partial charge in [0, 0.05) is 31.1 Å². The minimum atomic E-state index is -0.947. The number of carboxylic acid groups (broad SMARTS) is 1. The van der Waals surface area contributed by atoms with E-state index in [2.05, 4.69) is 9.88 Å². The zero-order chi connectivity index (χ0) is 11.5. The van der Waals surface area contributed by atoms with Crippen LogP contribution in [0, 0.1) is 0 Å². The smallest absolute Gasteiger partial charge is 0.365 e. The molecule has 0 unspecified atom stereocenters. The predicted molar refractivity (Wildman–Crippen MR) is 61.6 cm³/mol. The van der Waals surface area contributed by atoms with Gasteiger partial charge in [0.2, 0.25) is 5.01 Å². The van der Waals surface area contributed by atoms with Crippen molar-refractivity contribution in [2.24, 2.45) is 5.73 Å². The topological polar surface area (TPSA) is 79.5 Å². The van der Waals surface area contributed by atoms with E-state index in [1.165, 1.54) is 11.3 Å². The molecule has 0 amide bonds. The van der Waals surface area contributed by atoms with Crippen LogP contribution in [0.5, 0.6) is 0 Å². The van der Waals surface area contributed by atoms with E-state index in [0.29, 0.717) is 6.04 Å². The second kappa shape index (κ2) is 4.90. The Kier molecular flexibility index (Phi) is 3.52. The van der Waals surface area contributed by atoms with Crippen LogP contribution in [0.25, 0.3) is 0 Å². The van der Waals surface area contributed by atoms with Gasteiger partial charge in [-0.15, -0.1) is 11.3 Å². The number of carbonyl (C=O) groups is 1. The molecule has 1 fully saturated rings. The van der Waals surface area contributed by atoms with Crippen molar-refractivity contribution in [1.29, 1.82) is 0 Å². The average molecular weight is 241 g/mol. The van der Waals surface area contributed by atoms with Crippen molar-refractivity contribution in [3.05, 3.63) is 16.1 Å². The Morgan fingerprint density at radius 3 is 2.88 bits per heavy atom. The monoisotopic (exact) mass is 241 g/mol. The van der Waals surface area contributed by atoms with E-state index in [1.807, 2.05) is 5.38 Å². The highest BCUT2D eigenvalue weighted by molar-refractivity contribution is 7.11. The molecule has 3 N–H and O–H groups in total. The number of thiazole rings is 1. The van der Waals surface area contributed by atoms with Crippen molar-refractivity contribution in [2.45, 2.75) is 25.4 Å². The summed E-state index contributed by atoms with van der Waals surface area (Å²) in [5.41, 5.74) is 6.66. The summed E-state index contributed by atoms with van der Waals surface area (Å²) < 4.78 is 0. The zero-order valence-corrected chi connectivity index (χ0v) is 9.74. The quantitative estimate of drug-likeness (QED) is 0.817. The third kappa shape index (κ3) is 2.78. The number of nitrogens with zero attached hydrogens (tertiary/aromatic N) is 2. The molecule has 0 bridgehead atoms. The summed E-state index contributed by atoms with van der Waals surface area (Å²) in [7, 11) is 0. The molecule has 88 valence electrons. The number of aromatic nitrogens is 1. The van der Waals surface area contributed by atoms with E-state index >= 15 is 0 Å². The predicted octanol–water partition coefficient (Wildman–Crippen LogP) is 0.764. The zero-order valence-electron chi connectivity index (χ0n) is 8.93. The van der Waals surface area contributed by atoms with Gasteiger partial charge >= 0.3 is 5.97 Å². The molecule has 0 spiro atoms. The SMILES string of the molecule is NC1CCN(Cc2csc(C(=O)O)n2)CC1. The number of rotatable bonds is 3. The standard InChI is InChI=1S/C10H15N3O2S/c11-7-1-3-13(4-2-7)5-8-6-16-9(12-8)10(14)15/h6-7H,1-5,11H2,(H,14,15). The van der Waals surface area contributed by atoms with Gasteiger partial charge < -0.3 is 10.8 Å². The molecule has 1 aromatic rings. The summed E-state index contributed by atoms with van der Waals surface area (Å²) >= 11 is 1.18. The molecule has 0 radical (unpaired) electrons. The van der Waals surface area contributed by atoms with Crippen molar-refractivity contribution in [3.63, 3.8) is 0 Å². The highest BCUT2D eigenvalue weighted by Gasteiger charge is 2.17. The van der Waals surface area contributed by atoms with Gasteiger partial charge in [0.25, 0.3) is 0 Å². The van der Waals surface area contributed by atoms with Crippen LogP contribution in [0.2, 0.25) is 0 Å². The van der Waals surface area contributed by atoms with Gasteiger partial charge in [-0.1, -0.05) is 0 Å². The minimum Gasteiger partial charge on any atom is -0.476 e.